The summed E-state index contributed by atoms with van der Waals surface area (Å²) < 4.78 is 0. The third kappa shape index (κ3) is 2.77. The first-order valence-electron chi connectivity index (χ1n) is 4.72. The van der Waals surface area contributed by atoms with Gasteiger partial charge in [-0.15, -0.1) is 12.4 Å². The quantitative estimate of drug-likeness (QED) is 0.873. The number of aryl methyl sites for hydroxylation is 1. The van der Waals surface area contributed by atoms with E-state index in [-0.39, 0.29) is 18.4 Å². The fraction of sp³-hybridized carbons (Fsp3) is 0.167. The maximum Gasteiger partial charge on any atom is 0.0562 e. The fourth-order valence-corrected chi connectivity index (χ4v) is 2.54. The van der Waals surface area contributed by atoms with Crippen LogP contribution < -0.4 is 5.73 Å². The average molecular weight is 274 g/mol. The average Bonchev–Trinajstić information content (AvgIpc) is 2.69. The van der Waals surface area contributed by atoms with E-state index >= 15 is 0 Å². The molecule has 0 spiro atoms. The topological polar surface area (TPSA) is 26.0 Å². The highest BCUT2D eigenvalue weighted by Crippen LogP contribution is 2.26. The molecule has 1 nitrogen and oxygen atoms in total. The molecule has 0 saturated heterocycles. The van der Waals surface area contributed by atoms with Crippen LogP contribution in [0.4, 0.5) is 0 Å². The molecule has 0 aliphatic rings. The van der Waals surface area contributed by atoms with Gasteiger partial charge in [0.05, 0.1) is 6.04 Å². The van der Waals surface area contributed by atoms with Gasteiger partial charge in [0.15, 0.2) is 0 Å². The number of thiophene rings is 1. The second-order valence-corrected chi connectivity index (χ2v) is 4.75. The number of nitrogens with two attached hydrogens (primary N) is 1. The van der Waals surface area contributed by atoms with Crippen molar-refractivity contribution in [2.24, 2.45) is 5.73 Å². The molecule has 2 N–H and O–H groups in total. The van der Waals surface area contributed by atoms with E-state index in [0.29, 0.717) is 0 Å². The second-order valence-electron chi connectivity index (χ2n) is 3.54. The zero-order valence-corrected chi connectivity index (χ0v) is 11.2. The molecule has 0 aliphatic heterocycles. The van der Waals surface area contributed by atoms with Crippen LogP contribution in [-0.2, 0) is 0 Å². The first kappa shape index (κ1) is 13.5. The SMILES string of the molecule is Cc1cc(Cl)ccc1[C@H](N)c1ccsc1.Cl. The first-order valence-corrected chi connectivity index (χ1v) is 6.04. The predicted molar refractivity (Wildman–Crippen MR) is 73.8 cm³/mol. The largest absolute Gasteiger partial charge is 0.320 e. The first-order chi connectivity index (χ1) is 7.18. The minimum absolute atomic E-state index is 0. The summed E-state index contributed by atoms with van der Waals surface area (Å²) in [6.45, 7) is 2.04. The highest BCUT2D eigenvalue weighted by molar-refractivity contribution is 7.08. The van der Waals surface area contributed by atoms with Crippen LogP contribution in [0.5, 0.6) is 0 Å². The number of halogens is 2. The Morgan fingerprint density at radius 3 is 2.62 bits per heavy atom. The molecule has 2 aromatic rings. The molecule has 16 heavy (non-hydrogen) atoms. The summed E-state index contributed by atoms with van der Waals surface area (Å²) >= 11 is 7.57. The van der Waals surface area contributed by atoms with Crippen molar-refractivity contribution in [1.82, 2.24) is 0 Å². The summed E-state index contributed by atoms with van der Waals surface area (Å²) in [7, 11) is 0. The Hall–Kier alpha value is -0.540. The lowest BCUT2D eigenvalue weighted by molar-refractivity contribution is 0.867. The van der Waals surface area contributed by atoms with Gasteiger partial charge >= 0.3 is 0 Å². The fourth-order valence-electron chi connectivity index (χ4n) is 1.62. The van der Waals surface area contributed by atoms with Crippen LogP contribution in [0.2, 0.25) is 5.02 Å². The van der Waals surface area contributed by atoms with Gasteiger partial charge in [0.1, 0.15) is 0 Å². The summed E-state index contributed by atoms with van der Waals surface area (Å²) in [6.07, 6.45) is 0. The molecule has 0 saturated carbocycles. The van der Waals surface area contributed by atoms with Crippen LogP contribution in [0.25, 0.3) is 0 Å². The van der Waals surface area contributed by atoms with Gasteiger partial charge in [0, 0.05) is 5.02 Å². The Labute approximate surface area is 111 Å². The Morgan fingerprint density at radius 1 is 1.31 bits per heavy atom. The zero-order valence-electron chi connectivity index (χ0n) is 8.81. The molecule has 1 aromatic heterocycles. The number of hydrogen-bond acceptors (Lipinski definition) is 2. The van der Waals surface area contributed by atoms with Crippen molar-refractivity contribution in [2.75, 3.05) is 0 Å². The van der Waals surface area contributed by atoms with Crippen LogP contribution in [0, 0.1) is 6.92 Å². The monoisotopic (exact) mass is 273 g/mol. The van der Waals surface area contributed by atoms with Crippen LogP contribution in [0.3, 0.4) is 0 Å². The maximum absolute atomic E-state index is 6.18. The molecule has 0 fully saturated rings. The Balaban J connectivity index is 0.00000128. The lowest BCUT2D eigenvalue weighted by atomic mass is 9.98. The van der Waals surface area contributed by atoms with Gasteiger partial charge in [-0.3, -0.25) is 0 Å². The Bertz CT molecular complexity index is 454. The molecule has 0 bridgehead atoms. The van der Waals surface area contributed by atoms with E-state index in [1.54, 1.807) is 11.3 Å². The summed E-state index contributed by atoms with van der Waals surface area (Å²) in [5.41, 5.74) is 9.61. The standard InChI is InChI=1S/C12H12ClNS.ClH/c1-8-6-10(13)2-3-11(8)12(14)9-4-5-15-7-9;/h2-7,12H,14H2,1H3;1H/t12-;/m1./s1. The van der Waals surface area contributed by atoms with E-state index < -0.39 is 0 Å². The summed E-state index contributed by atoms with van der Waals surface area (Å²) in [6, 6.07) is 7.84. The number of rotatable bonds is 2. The number of hydrogen-bond donors (Lipinski definition) is 1. The Morgan fingerprint density at radius 2 is 2.06 bits per heavy atom. The molecule has 1 heterocycles. The van der Waals surface area contributed by atoms with E-state index in [2.05, 4.69) is 11.4 Å². The molecule has 1 atom stereocenters. The van der Waals surface area contributed by atoms with Gasteiger partial charge in [-0.1, -0.05) is 17.7 Å². The van der Waals surface area contributed by atoms with Crippen molar-refractivity contribution in [3.63, 3.8) is 0 Å². The minimum atomic E-state index is -0.0477. The smallest absolute Gasteiger partial charge is 0.0562 e. The molecule has 2 rings (SSSR count). The normalized spacial score (nSPS) is 11.9. The van der Waals surface area contributed by atoms with Gasteiger partial charge in [-0.25, -0.2) is 0 Å². The van der Waals surface area contributed by atoms with Crippen molar-refractivity contribution >= 4 is 35.3 Å². The summed E-state index contributed by atoms with van der Waals surface area (Å²) in [5, 5.41) is 4.88. The van der Waals surface area contributed by atoms with Crippen LogP contribution >= 0.6 is 35.3 Å². The predicted octanol–water partition coefficient (Wildman–Crippen LogP) is 4.18. The summed E-state index contributed by atoms with van der Waals surface area (Å²) in [4.78, 5) is 0. The van der Waals surface area contributed by atoms with E-state index in [1.165, 1.54) is 0 Å². The molecule has 0 unspecified atom stereocenters. The van der Waals surface area contributed by atoms with Gasteiger partial charge in [-0.2, -0.15) is 11.3 Å². The zero-order chi connectivity index (χ0) is 10.8. The maximum atomic E-state index is 6.18. The van der Waals surface area contributed by atoms with Gasteiger partial charge < -0.3 is 5.73 Å². The van der Waals surface area contributed by atoms with Crippen LogP contribution in [0.1, 0.15) is 22.7 Å². The van der Waals surface area contributed by atoms with Gasteiger partial charge in [-0.05, 0) is 52.6 Å². The molecule has 0 radical (unpaired) electrons. The van der Waals surface area contributed by atoms with Gasteiger partial charge in [0.2, 0.25) is 0 Å². The molecule has 0 amide bonds. The highest BCUT2D eigenvalue weighted by atomic mass is 35.5. The summed E-state index contributed by atoms with van der Waals surface area (Å²) in [5.74, 6) is 0. The van der Waals surface area contributed by atoms with E-state index in [0.717, 1.165) is 21.7 Å². The third-order valence-electron chi connectivity index (χ3n) is 2.47. The Kier molecular flexibility index (Phi) is 4.81. The highest BCUT2D eigenvalue weighted by Gasteiger charge is 2.11. The van der Waals surface area contributed by atoms with Crippen LogP contribution in [-0.4, -0.2) is 0 Å². The van der Waals surface area contributed by atoms with E-state index in [4.69, 9.17) is 17.3 Å². The van der Waals surface area contributed by atoms with E-state index in [1.807, 2.05) is 30.5 Å². The van der Waals surface area contributed by atoms with Crippen LogP contribution in [0.15, 0.2) is 35.0 Å². The van der Waals surface area contributed by atoms with Crippen molar-refractivity contribution in [3.05, 3.63) is 56.7 Å². The third-order valence-corrected chi connectivity index (χ3v) is 3.41. The molecule has 86 valence electrons. The van der Waals surface area contributed by atoms with Crippen molar-refractivity contribution in [2.45, 2.75) is 13.0 Å². The van der Waals surface area contributed by atoms with Crippen molar-refractivity contribution in [3.8, 4) is 0 Å². The lowest BCUT2D eigenvalue weighted by Gasteiger charge is -2.13. The molecule has 1 aromatic carbocycles. The minimum Gasteiger partial charge on any atom is -0.320 e. The van der Waals surface area contributed by atoms with Crippen molar-refractivity contribution < 1.29 is 0 Å². The second kappa shape index (κ2) is 5.69. The van der Waals surface area contributed by atoms with Gasteiger partial charge in [0.25, 0.3) is 0 Å². The number of benzene rings is 1. The molecular weight excluding hydrogens is 261 g/mol. The molecule has 4 heteroatoms. The molecular formula is C12H13Cl2NS. The van der Waals surface area contributed by atoms with Crippen molar-refractivity contribution in [1.29, 1.82) is 0 Å². The lowest BCUT2D eigenvalue weighted by Crippen LogP contribution is -2.12. The molecule has 0 aliphatic carbocycles. The van der Waals surface area contributed by atoms with E-state index in [9.17, 15) is 0 Å².